The Kier molecular flexibility index (Phi) is 5.65. The summed E-state index contributed by atoms with van der Waals surface area (Å²) in [5, 5.41) is 21.3. The molecule has 0 spiro atoms. The average molecular weight is 441 g/mol. The standard InChI is InChI=1S/C22H21ClN4O2S/c1-3-14-8-16(20-19(21(24)27-26-20)22-25-12(2)11-30-22)17(28)9-18(14)29-10-13-4-6-15(23)7-5-13/h4-9,11,28H,3,10H2,1-2H3,(H3,24,26,27). The average Bonchev–Trinajstić information content (AvgIpc) is 3.32. The molecule has 0 bridgehead atoms. The van der Waals surface area contributed by atoms with E-state index < -0.39 is 0 Å². The van der Waals surface area contributed by atoms with Crippen LogP contribution in [0.2, 0.25) is 5.02 Å². The second kappa shape index (κ2) is 8.38. The highest BCUT2D eigenvalue weighted by molar-refractivity contribution is 7.13. The molecule has 2 aromatic carbocycles. The predicted octanol–water partition coefficient (Wildman–Crippen LogP) is 5.59. The Balaban J connectivity index is 1.69. The van der Waals surface area contributed by atoms with Gasteiger partial charge in [0.2, 0.25) is 0 Å². The third-order valence-electron chi connectivity index (χ3n) is 4.76. The fourth-order valence-corrected chi connectivity index (χ4v) is 4.18. The van der Waals surface area contributed by atoms with E-state index in [-0.39, 0.29) is 5.75 Å². The molecule has 2 heterocycles. The molecule has 0 aliphatic carbocycles. The van der Waals surface area contributed by atoms with Crippen molar-refractivity contribution < 1.29 is 9.84 Å². The number of halogens is 1. The summed E-state index contributed by atoms with van der Waals surface area (Å²) in [5.74, 6) is 1.06. The van der Waals surface area contributed by atoms with Gasteiger partial charge in [-0.25, -0.2) is 4.98 Å². The van der Waals surface area contributed by atoms with E-state index >= 15 is 0 Å². The fourth-order valence-electron chi connectivity index (χ4n) is 3.20. The Morgan fingerprint density at radius 3 is 2.67 bits per heavy atom. The van der Waals surface area contributed by atoms with Crippen molar-refractivity contribution in [2.75, 3.05) is 5.73 Å². The van der Waals surface area contributed by atoms with Gasteiger partial charge in [0.05, 0.1) is 11.3 Å². The van der Waals surface area contributed by atoms with Crippen molar-refractivity contribution in [2.24, 2.45) is 0 Å². The first-order chi connectivity index (χ1) is 14.5. The molecule has 0 aliphatic heterocycles. The molecule has 0 saturated heterocycles. The number of rotatable bonds is 6. The summed E-state index contributed by atoms with van der Waals surface area (Å²) < 4.78 is 5.99. The van der Waals surface area contributed by atoms with Crippen LogP contribution >= 0.6 is 22.9 Å². The van der Waals surface area contributed by atoms with E-state index in [1.807, 2.05) is 49.6 Å². The maximum atomic E-state index is 10.8. The van der Waals surface area contributed by atoms with Crippen molar-refractivity contribution in [3.8, 4) is 33.3 Å². The summed E-state index contributed by atoms with van der Waals surface area (Å²) in [7, 11) is 0. The molecule has 8 heteroatoms. The minimum absolute atomic E-state index is 0.0801. The monoisotopic (exact) mass is 440 g/mol. The molecule has 0 fully saturated rings. The highest BCUT2D eigenvalue weighted by Crippen LogP contribution is 2.42. The van der Waals surface area contributed by atoms with Crippen LogP contribution in [-0.2, 0) is 13.0 Å². The molecule has 30 heavy (non-hydrogen) atoms. The number of aromatic nitrogens is 3. The number of anilines is 1. The maximum absolute atomic E-state index is 10.8. The summed E-state index contributed by atoms with van der Waals surface area (Å²) in [6.45, 7) is 4.34. The molecular weight excluding hydrogens is 420 g/mol. The Bertz CT molecular complexity index is 1180. The topological polar surface area (TPSA) is 97.1 Å². The van der Waals surface area contributed by atoms with Crippen molar-refractivity contribution in [2.45, 2.75) is 26.9 Å². The zero-order valence-corrected chi connectivity index (χ0v) is 18.1. The number of hydrogen-bond acceptors (Lipinski definition) is 6. The second-order valence-corrected chi connectivity index (χ2v) is 8.19. The molecule has 0 saturated carbocycles. The number of ether oxygens (including phenoxy) is 1. The van der Waals surface area contributed by atoms with Gasteiger partial charge in [0.25, 0.3) is 0 Å². The van der Waals surface area contributed by atoms with Gasteiger partial charge >= 0.3 is 0 Å². The van der Waals surface area contributed by atoms with E-state index in [0.29, 0.717) is 40.0 Å². The van der Waals surface area contributed by atoms with Gasteiger partial charge in [-0.15, -0.1) is 11.3 Å². The van der Waals surface area contributed by atoms with Gasteiger partial charge in [-0.3, -0.25) is 5.10 Å². The minimum Gasteiger partial charge on any atom is -0.507 e. The van der Waals surface area contributed by atoms with E-state index in [2.05, 4.69) is 15.2 Å². The van der Waals surface area contributed by atoms with Gasteiger partial charge in [-0.2, -0.15) is 5.10 Å². The summed E-state index contributed by atoms with van der Waals surface area (Å²) >= 11 is 7.43. The highest BCUT2D eigenvalue weighted by atomic mass is 35.5. The van der Waals surface area contributed by atoms with Crippen LogP contribution in [0.5, 0.6) is 11.5 Å². The van der Waals surface area contributed by atoms with Crippen molar-refractivity contribution in [1.29, 1.82) is 0 Å². The molecule has 6 nitrogen and oxygen atoms in total. The summed E-state index contributed by atoms with van der Waals surface area (Å²) in [6.07, 6.45) is 0.735. The van der Waals surface area contributed by atoms with Gasteiger partial charge in [-0.1, -0.05) is 30.7 Å². The number of nitrogen functional groups attached to an aromatic ring is 1. The second-order valence-electron chi connectivity index (χ2n) is 6.90. The van der Waals surface area contributed by atoms with E-state index in [1.54, 1.807) is 6.07 Å². The van der Waals surface area contributed by atoms with E-state index in [0.717, 1.165) is 28.2 Å². The third-order valence-corrected chi connectivity index (χ3v) is 5.99. The number of benzene rings is 2. The van der Waals surface area contributed by atoms with E-state index in [4.69, 9.17) is 22.1 Å². The van der Waals surface area contributed by atoms with Gasteiger partial charge in [0, 0.05) is 27.7 Å². The number of aromatic amines is 1. The Labute approximate surface area is 183 Å². The van der Waals surface area contributed by atoms with Gasteiger partial charge in [0.1, 0.15) is 23.1 Å². The number of nitrogens with two attached hydrogens (primary N) is 1. The fraction of sp³-hybridized carbons (Fsp3) is 0.182. The van der Waals surface area contributed by atoms with Crippen LogP contribution in [0, 0.1) is 6.92 Å². The SMILES string of the molecule is CCc1cc(-c2[nH]nc(N)c2-c2nc(C)cs2)c(O)cc1OCc1ccc(Cl)cc1. The Hall–Kier alpha value is -3.03. The van der Waals surface area contributed by atoms with Crippen LogP contribution in [0.15, 0.2) is 41.8 Å². The molecule has 4 rings (SSSR count). The largest absolute Gasteiger partial charge is 0.507 e. The van der Waals surface area contributed by atoms with Crippen molar-refractivity contribution >= 4 is 28.8 Å². The molecule has 0 radical (unpaired) electrons. The molecule has 0 amide bonds. The first-order valence-corrected chi connectivity index (χ1v) is 10.7. The van der Waals surface area contributed by atoms with Crippen LogP contribution in [0.25, 0.3) is 21.8 Å². The minimum atomic E-state index is 0.0801. The van der Waals surface area contributed by atoms with Crippen LogP contribution in [0.1, 0.15) is 23.7 Å². The predicted molar refractivity (Wildman–Crippen MR) is 121 cm³/mol. The van der Waals surface area contributed by atoms with Gasteiger partial charge in [-0.05, 0) is 42.7 Å². The van der Waals surface area contributed by atoms with Crippen LogP contribution in [-0.4, -0.2) is 20.3 Å². The molecule has 154 valence electrons. The smallest absolute Gasteiger partial charge is 0.156 e. The van der Waals surface area contributed by atoms with E-state index in [9.17, 15) is 5.11 Å². The summed E-state index contributed by atoms with van der Waals surface area (Å²) in [5.41, 5.74) is 10.9. The number of aromatic hydroxyl groups is 1. The number of nitrogens with one attached hydrogen (secondary N) is 1. The molecule has 0 unspecified atom stereocenters. The lowest BCUT2D eigenvalue weighted by atomic mass is 10.0. The zero-order chi connectivity index (χ0) is 21.3. The molecule has 4 aromatic rings. The molecule has 2 aromatic heterocycles. The number of thiazole rings is 1. The number of phenols is 1. The van der Waals surface area contributed by atoms with Gasteiger partial charge < -0.3 is 15.6 Å². The van der Waals surface area contributed by atoms with Crippen LogP contribution in [0.3, 0.4) is 0 Å². The molecule has 4 N–H and O–H groups in total. The van der Waals surface area contributed by atoms with Crippen LogP contribution in [0.4, 0.5) is 5.82 Å². The van der Waals surface area contributed by atoms with Crippen molar-refractivity contribution in [3.05, 3.63) is 63.6 Å². The van der Waals surface area contributed by atoms with Crippen LogP contribution < -0.4 is 10.5 Å². The number of H-pyrrole nitrogens is 1. The Morgan fingerprint density at radius 2 is 2.00 bits per heavy atom. The molecule has 0 aliphatic rings. The quantitative estimate of drug-likeness (QED) is 0.363. The Morgan fingerprint density at radius 1 is 1.23 bits per heavy atom. The lowest BCUT2D eigenvalue weighted by molar-refractivity contribution is 0.301. The maximum Gasteiger partial charge on any atom is 0.156 e. The first-order valence-electron chi connectivity index (χ1n) is 9.46. The first kappa shape index (κ1) is 20.3. The lowest BCUT2D eigenvalue weighted by Crippen LogP contribution is -1.99. The summed E-state index contributed by atoms with van der Waals surface area (Å²) in [6, 6.07) is 11.0. The molecule has 0 atom stereocenters. The zero-order valence-electron chi connectivity index (χ0n) is 16.6. The van der Waals surface area contributed by atoms with Crippen molar-refractivity contribution in [1.82, 2.24) is 15.2 Å². The number of hydrogen-bond donors (Lipinski definition) is 3. The van der Waals surface area contributed by atoms with E-state index in [1.165, 1.54) is 11.3 Å². The number of aryl methyl sites for hydroxylation is 2. The number of nitrogens with zero attached hydrogens (tertiary/aromatic N) is 2. The van der Waals surface area contributed by atoms with Gasteiger partial charge in [0.15, 0.2) is 5.82 Å². The molecular formula is C22H21ClN4O2S. The highest BCUT2D eigenvalue weighted by Gasteiger charge is 2.21. The normalized spacial score (nSPS) is 11.0. The third kappa shape index (κ3) is 3.99. The lowest BCUT2D eigenvalue weighted by Gasteiger charge is -2.14. The summed E-state index contributed by atoms with van der Waals surface area (Å²) in [4.78, 5) is 4.52. The van der Waals surface area contributed by atoms with Crippen molar-refractivity contribution in [3.63, 3.8) is 0 Å². The number of phenolic OH excluding ortho intramolecular Hbond substituents is 1.